The lowest BCUT2D eigenvalue weighted by Crippen LogP contribution is -1.99. The van der Waals surface area contributed by atoms with Gasteiger partial charge in [0.15, 0.2) is 5.65 Å². The first-order valence-electron chi connectivity index (χ1n) is 8.61. The highest BCUT2D eigenvalue weighted by Crippen LogP contribution is 2.34. The van der Waals surface area contributed by atoms with Crippen LogP contribution in [0.3, 0.4) is 0 Å². The van der Waals surface area contributed by atoms with E-state index in [4.69, 9.17) is 9.84 Å². The van der Waals surface area contributed by atoms with E-state index in [0.29, 0.717) is 0 Å². The molecule has 0 aliphatic rings. The number of hydrogen-bond donors (Lipinski definition) is 0. The second-order valence-corrected chi connectivity index (χ2v) is 8.14. The number of aryl methyl sites for hydroxylation is 1. The Labute approximate surface area is 169 Å². The Morgan fingerprint density at radius 2 is 1.89 bits per heavy atom. The number of methoxy groups -OCH3 is 1. The lowest BCUT2D eigenvalue weighted by Gasteiger charge is -2.06. The van der Waals surface area contributed by atoms with Crippen molar-refractivity contribution in [2.45, 2.75) is 23.9 Å². The molecule has 28 heavy (non-hydrogen) atoms. The van der Waals surface area contributed by atoms with Crippen LogP contribution >= 0.6 is 23.1 Å². The molecule has 4 heterocycles. The number of hydrogen-bond acceptors (Lipinski definition) is 7. The van der Waals surface area contributed by atoms with Crippen molar-refractivity contribution in [1.82, 2.24) is 29.4 Å². The Balaban J connectivity index is 1.55. The maximum absolute atomic E-state index is 5.24. The van der Waals surface area contributed by atoms with E-state index in [-0.39, 0.29) is 0 Å². The third kappa shape index (κ3) is 2.66. The van der Waals surface area contributed by atoms with Crippen molar-refractivity contribution in [2.75, 3.05) is 7.11 Å². The Bertz CT molecular complexity index is 1300. The fraction of sp³-hybridized carbons (Fsp3) is 0.158. The summed E-state index contributed by atoms with van der Waals surface area (Å²) in [6.07, 6.45) is 1.79. The summed E-state index contributed by atoms with van der Waals surface area (Å²) in [5, 5.41) is 17.3. The minimum atomic E-state index is 0.774. The predicted octanol–water partition coefficient (Wildman–Crippen LogP) is 4.30. The van der Waals surface area contributed by atoms with Gasteiger partial charge in [0.1, 0.15) is 16.9 Å². The summed E-state index contributed by atoms with van der Waals surface area (Å²) in [6.45, 7) is 4.07. The van der Waals surface area contributed by atoms with Gasteiger partial charge in [-0.2, -0.15) is 5.10 Å². The molecule has 5 rings (SSSR count). The maximum atomic E-state index is 5.24. The standard InChI is InChI=1S/C19H16N6OS2/c1-11-16(12(2)25(23-11)13-4-6-14(26-3)7-5-13)28-19-22-21-17-15-8-9-27-18(15)20-10-24(17)19/h4-10H,1-3H3. The highest BCUT2D eigenvalue weighted by molar-refractivity contribution is 7.99. The molecule has 140 valence electrons. The molecule has 0 unspecified atom stereocenters. The summed E-state index contributed by atoms with van der Waals surface area (Å²) in [4.78, 5) is 6.55. The molecule has 0 bridgehead atoms. The molecule has 0 saturated carbocycles. The predicted molar refractivity (Wildman–Crippen MR) is 110 cm³/mol. The molecule has 1 aromatic carbocycles. The van der Waals surface area contributed by atoms with Gasteiger partial charge in [0.05, 0.1) is 34.5 Å². The topological polar surface area (TPSA) is 70.1 Å². The Morgan fingerprint density at radius 3 is 2.68 bits per heavy atom. The largest absolute Gasteiger partial charge is 0.497 e. The van der Waals surface area contributed by atoms with E-state index < -0.39 is 0 Å². The van der Waals surface area contributed by atoms with Crippen LogP contribution in [0.25, 0.3) is 21.6 Å². The van der Waals surface area contributed by atoms with Crippen LogP contribution in [0.4, 0.5) is 0 Å². The van der Waals surface area contributed by atoms with Gasteiger partial charge in [0.25, 0.3) is 0 Å². The molecule has 0 N–H and O–H groups in total. The molecule has 7 nitrogen and oxygen atoms in total. The van der Waals surface area contributed by atoms with Gasteiger partial charge in [0.2, 0.25) is 5.16 Å². The molecule has 4 aromatic heterocycles. The van der Waals surface area contributed by atoms with Crippen molar-refractivity contribution >= 4 is 39.0 Å². The third-order valence-electron chi connectivity index (χ3n) is 4.58. The van der Waals surface area contributed by atoms with Crippen LogP contribution in [0.15, 0.2) is 52.1 Å². The van der Waals surface area contributed by atoms with Crippen LogP contribution in [-0.2, 0) is 0 Å². The van der Waals surface area contributed by atoms with E-state index in [1.54, 1.807) is 36.5 Å². The molecule has 0 radical (unpaired) electrons. The molecule has 0 aliphatic carbocycles. The Kier molecular flexibility index (Phi) is 4.06. The van der Waals surface area contributed by atoms with Gasteiger partial charge in [-0.3, -0.25) is 4.40 Å². The third-order valence-corrected chi connectivity index (χ3v) is 6.65. The van der Waals surface area contributed by atoms with Crippen molar-refractivity contribution < 1.29 is 4.74 Å². The number of fused-ring (bicyclic) bond motifs is 3. The van der Waals surface area contributed by atoms with Gasteiger partial charge < -0.3 is 4.74 Å². The van der Waals surface area contributed by atoms with E-state index in [9.17, 15) is 0 Å². The summed E-state index contributed by atoms with van der Waals surface area (Å²) in [6, 6.07) is 9.89. The second-order valence-electron chi connectivity index (χ2n) is 6.27. The summed E-state index contributed by atoms with van der Waals surface area (Å²) < 4.78 is 9.12. The van der Waals surface area contributed by atoms with Crippen molar-refractivity contribution in [3.05, 3.63) is 53.4 Å². The van der Waals surface area contributed by atoms with E-state index >= 15 is 0 Å². The summed E-state index contributed by atoms with van der Waals surface area (Å²) in [7, 11) is 1.66. The SMILES string of the molecule is COc1ccc(-n2nc(C)c(Sc3nnc4c5ccsc5ncn34)c2C)cc1. The monoisotopic (exact) mass is 408 g/mol. The van der Waals surface area contributed by atoms with Crippen LogP contribution in [0.5, 0.6) is 5.75 Å². The first-order valence-corrected chi connectivity index (χ1v) is 10.3. The van der Waals surface area contributed by atoms with E-state index in [1.165, 1.54) is 0 Å². The Hall–Kier alpha value is -2.91. The van der Waals surface area contributed by atoms with Gasteiger partial charge in [0, 0.05) is 0 Å². The van der Waals surface area contributed by atoms with E-state index in [1.807, 2.05) is 51.7 Å². The van der Waals surface area contributed by atoms with Crippen molar-refractivity contribution in [1.29, 1.82) is 0 Å². The molecule has 0 atom stereocenters. The minimum Gasteiger partial charge on any atom is -0.497 e. The van der Waals surface area contributed by atoms with Gasteiger partial charge in [-0.25, -0.2) is 9.67 Å². The zero-order chi connectivity index (χ0) is 19.3. The van der Waals surface area contributed by atoms with Gasteiger partial charge in [-0.15, -0.1) is 21.5 Å². The average molecular weight is 409 g/mol. The number of aromatic nitrogens is 6. The summed E-state index contributed by atoms with van der Waals surface area (Å²) in [5.41, 5.74) is 3.81. The van der Waals surface area contributed by atoms with Crippen LogP contribution in [0.1, 0.15) is 11.4 Å². The van der Waals surface area contributed by atoms with Crippen LogP contribution in [-0.4, -0.2) is 36.5 Å². The van der Waals surface area contributed by atoms with Crippen molar-refractivity contribution in [3.8, 4) is 11.4 Å². The minimum absolute atomic E-state index is 0.774. The quantitative estimate of drug-likeness (QED) is 0.442. The van der Waals surface area contributed by atoms with Crippen molar-refractivity contribution in [2.24, 2.45) is 0 Å². The van der Waals surface area contributed by atoms with E-state index in [0.717, 1.165) is 48.7 Å². The lowest BCUT2D eigenvalue weighted by atomic mass is 10.3. The van der Waals surface area contributed by atoms with Gasteiger partial charge in [-0.1, -0.05) is 0 Å². The average Bonchev–Trinajstić information content (AvgIpc) is 3.41. The number of rotatable bonds is 4. The highest BCUT2D eigenvalue weighted by Gasteiger charge is 2.18. The fourth-order valence-electron chi connectivity index (χ4n) is 3.16. The first-order chi connectivity index (χ1) is 13.7. The number of benzene rings is 1. The zero-order valence-corrected chi connectivity index (χ0v) is 17.1. The Morgan fingerprint density at radius 1 is 1.07 bits per heavy atom. The molecular formula is C19H16N6OS2. The first kappa shape index (κ1) is 17.2. The molecule has 0 saturated heterocycles. The fourth-order valence-corrected chi connectivity index (χ4v) is 4.80. The second kappa shape index (κ2) is 6.61. The van der Waals surface area contributed by atoms with Crippen LogP contribution in [0, 0.1) is 13.8 Å². The molecule has 5 aromatic rings. The normalized spacial score (nSPS) is 11.5. The number of thiophene rings is 1. The molecule has 0 fully saturated rings. The zero-order valence-electron chi connectivity index (χ0n) is 15.4. The maximum Gasteiger partial charge on any atom is 0.201 e. The number of nitrogens with zero attached hydrogens (tertiary/aromatic N) is 6. The summed E-state index contributed by atoms with van der Waals surface area (Å²) in [5.74, 6) is 0.821. The lowest BCUT2D eigenvalue weighted by molar-refractivity contribution is 0.414. The van der Waals surface area contributed by atoms with Crippen molar-refractivity contribution in [3.63, 3.8) is 0 Å². The van der Waals surface area contributed by atoms with E-state index in [2.05, 4.69) is 22.1 Å². The van der Waals surface area contributed by atoms with Crippen LogP contribution < -0.4 is 4.74 Å². The highest BCUT2D eigenvalue weighted by atomic mass is 32.2. The van der Waals surface area contributed by atoms with Gasteiger partial charge in [-0.05, 0) is 61.3 Å². The molecule has 0 amide bonds. The number of ether oxygens (including phenoxy) is 1. The van der Waals surface area contributed by atoms with Crippen LogP contribution in [0.2, 0.25) is 0 Å². The smallest absolute Gasteiger partial charge is 0.201 e. The molecule has 0 aliphatic heterocycles. The van der Waals surface area contributed by atoms with Gasteiger partial charge >= 0.3 is 0 Å². The molecule has 9 heteroatoms. The molecule has 0 spiro atoms. The molecular weight excluding hydrogens is 392 g/mol. The summed E-state index contributed by atoms with van der Waals surface area (Å²) >= 11 is 3.16.